The van der Waals surface area contributed by atoms with Gasteiger partial charge in [0.15, 0.2) is 16.3 Å². The minimum absolute atomic E-state index is 0.0248. The Labute approximate surface area is 106 Å². The van der Waals surface area contributed by atoms with E-state index in [4.69, 9.17) is 17.5 Å². The number of phenols is 2. The number of H-pyrrole nitrogens is 2. The molecule has 0 spiro atoms. The van der Waals surface area contributed by atoms with Gasteiger partial charge in [-0.25, -0.2) is 0 Å². The summed E-state index contributed by atoms with van der Waals surface area (Å²) in [5, 5.41) is 28.1. The first kappa shape index (κ1) is 11.9. The van der Waals surface area contributed by atoms with Crippen molar-refractivity contribution in [3.05, 3.63) is 38.9 Å². The quantitative estimate of drug-likeness (QED) is 0.457. The van der Waals surface area contributed by atoms with Crippen LogP contribution in [0.1, 0.15) is 5.56 Å². The molecule has 0 saturated carbocycles. The normalized spacial score (nSPS) is 9.94. The monoisotopic (exact) mass is 261 g/mol. The number of para-hydroxylation sites is 1. The Bertz CT molecular complexity index is 770. The molecule has 4 N–H and O–H groups in total. The number of hydrogen-bond donors (Lipinski definition) is 4. The summed E-state index contributed by atoms with van der Waals surface area (Å²) in [7, 11) is 0. The molecular weight excluding hydrogens is 254 g/mol. The van der Waals surface area contributed by atoms with E-state index < -0.39 is 11.3 Å². The summed E-state index contributed by atoms with van der Waals surface area (Å²) in [5.41, 5.74) is -0.674. The molecule has 0 atom stereocenters. The Morgan fingerprint density at radius 2 is 2.00 bits per heavy atom. The van der Waals surface area contributed by atoms with Crippen molar-refractivity contribution in [2.45, 2.75) is 0 Å². The summed E-state index contributed by atoms with van der Waals surface area (Å²) in [6.45, 7) is 0. The van der Waals surface area contributed by atoms with E-state index in [2.05, 4.69) is 9.97 Å². The molecule has 0 aliphatic rings. The molecular formula is C11H7N3O3S. The second kappa shape index (κ2) is 4.35. The lowest BCUT2D eigenvalue weighted by Crippen LogP contribution is -2.13. The predicted molar refractivity (Wildman–Crippen MR) is 65.7 cm³/mol. The molecule has 0 amide bonds. The molecule has 0 saturated heterocycles. The van der Waals surface area contributed by atoms with Crippen LogP contribution < -0.4 is 5.56 Å². The molecule has 2 rings (SSSR count). The first-order valence-electron chi connectivity index (χ1n) is 4.82. The van der Waals surface area contributed by atoms with Crippen LogP contribution >= 0.6 is 12.2 Å². The first-order chi connectivity index (χ1) is 8.54. The molecule has 7 heteroatoms. The standard InChI is InChI=1S/C11H7N3O3S/c12-4-6-8(13-11(18)14-10(6)17)5-2-1-3-7(15)9(5)16/h1-3,15-16H,(H2,13,14,17,18). The zero-order valence-electron chi connectivity index (χ0n) is 8.89. The number of aromatic amines is 2. The molecule has 2 aromatic rings. The van der Waals surface area contributed by atoms with Crippen LogP contribution in [-0.4, -0.2) is 20.2 Å². The number of nitrogens with one attached hydrogen (secondary N) is 2. The minimum Gasteiger partial charge on any atom is -0.504 e. The highest BCUT2D eigenvalue weighted by Gasteiger charge is 2.15. The fraction of sp³-hybridized carbons (Fsp3) is 0. The predicted octanol–water partition coefficient (Wildman–Crippen LogP) is 1.38. The van der Waals surface area contributed by atoms with E-state index in [1.54, 1.807) is 6.07 Å². The second-order valence-electron chi connectivity index (χ2n) is 3.44. The number of hydrogen-bond acceptors (Lipinski definition) is 5. The van der Waals surface area contributed by atoms with Crippen molar-refractivity contribution in [3.8, 4) is 28.8 Å². The zero-order valence-corrected chi connectivity index (χ0v) is 9.71. The number of rotatable bonds is 1. The molecule has 0 fully saturated rings. The van der Waals surface area contributed by atoms with Crippen molar-refractivity contribution >= 4 is 12.2 Å². The number of nitrogens with zero attached hydrogens (tertiary/aromatic N) is 1. The molecule has 6 nitrogen and oxygen atoms in total. The van der Waals surface area contributed by atoms with Gasteiger partial charge in [-0.1, -0.05) is 6.07 Å². The summed E-state index contributed by atoms with van der Waals surface area (Å²) in [6, 6.07) is 5.94. The summed E-state index contributed by atoms with van der Waals surface area (Å²) in [4.78, 5) is 16.4. The number of benzene rings is 1. The van der Waals surface area contributed by atoms with Crippen molar-refractivity contribution in [2.24, 2.45) is 0 Å². The molecule has 1 aromatic heterocycles. The van der Waals surface area contributed by atoms with Crippen molar-refractivity contribution < 1.29 is 10.2 Å². The highest BCUT2D eigenvalue weighted by atomic mass is 32.1. The lowest BCUT2D eigenvalue weighted by atomic mass is 10.1. The van der Waals surface area contributed by atoms with E-state index in [1.807, 2.05) is 0 Å². The number of phenolic OH excluding ortho intramolecular Hbond substituents is 2. The maximum absolute atomic E-state index is 11.6. The Morgan fingerprint density at radius 1 is 1.28 bits per heavy atom. The van der Waals surface area contributed by atoms with E-state index in [1.165, 1.54) is 18.2 Å². The summed E-state index contributed by atoms with van der Waals surface area (Å²) < 4.78 is 0.0248. The summed E-state index contributed by atoms with van der Waals surface area (Å²) in [6.07, 6.45) is 0. The van der Waals surface area contributed by atoms with Gasteiger partial charge in [0.1, 0.15) is 11.6 Å². The van der Waals surface area contributed by atoms with E-state index >= 15 is 0 Å². The molecule has 1 heterocycles. The summed E-state index contributed by atoms with van der Waals surface area (Å²) >= 11 is 4.81. The molecule has 18 heavy (non-hydrogen) atoms. The van der Waals surface area contributed by atoms with E-state index in [-0.39, 0.29) is 27.3 Å². The van der Waals surface area contributed by atoms with Crippen LogP contribution in [0.3, 0.4) is 0 Å². The fourth-order valence-corrected chi connectivity index (χ4v) is 1.72. The molecule has 0 bridgehead atoms. The van der Waals surface area contributed by atoms with Gasteiger partial charge < -0.3 is 15.2 Å². The Kier molecular flexibility index (Phi) is 2.87. The highest BCUT2D eigenvalue weighted by Crippen LogP contribution is 2.35. The van der Waals surface area contributed by atoms with Crippen molar-refractivity contribution in [1.82, 2.24) is 9.97 Å². The molecule has 0 unspecified atom stereocenters. The highest BCUT2D eigenvalue weighted by molar-refractivity contribution is 7.71. The van der Waals surface area contributed by atoms with Gasteiger partial charge >= 0.3 is 0 Å². The summed E-state index contributed by atoms with van der Waals surface area (Å²) in [5.74, 6) is -0.777. The van der Waals surface area contributed by atoms with E-state index in [0.717, 1.165) is 0 Å². The van der Waals surface area contributed by atoms with Crippen molar-refractivity contribution in [2.75, 3.05) is 0 Å². The number of aromatic hydroxyl groups is 2. The van der Waals surface area contributed by atoms with Gasteiger partial charge in [-0.05, 0) is 24.4 Å². The number of aromatic nitrogens is 2. The smallest absolute Gasteiger partial charge is 0.270 e. The Balaban J connectivity index is 2.88. The average molecular weight is 261 g/mol. The topological polar surface area (TPSA) is 113 Å². The Morgan fingerprint density at radius 3 is 2.67 bits per heavy atom. The molecule has 90 valence electrons. The van der Waals surface area contributed by atoms with E-state index in [9.17, 15) is 15.0 Å². The van der Waals surface area contributed by atoms with Crippen molar-refractivity contribution in [3.63, 3.8) is 0 Å². The van der Waals surface area contributed by atoms with Crippen LogP contribution in [0.15, 0.2) is 23.0 Å². The van der Waals surface area contributed by atoms with Crippen molar-refractivity contribution in [1.29, 1.82) is 5.26 Å². The van der Waals surface area contributed by atoms with Crippen LogP contribution in [0.2, 0.25) is 0 Å². The molecule has 0 radical (unpaired) electrons. The zero-order chi connectivity index (χ0) is 13.3. The third-order valence-electron chi connectivity index (χ3n) is 2.34. The van der Waals surface area contributed by atoms with Crippen LogP contribution in [0.25, 0.3) is 11.3 Å². The Hall–Kier alpha value is -2.59. The van der Waals surface area contributed by atoms with Gasteiger partial charge in [0.25, 0.3) is 5.56 Å². The third kappa shape index (κ3) is 1.85. The van der Waals surface area contributed by atoms with Gasteiger partial charge in [-0.3, -0.25) is 9.78 Å². The molecule has 0 aliphatic heterocycles. The lowest BCUT2D eigenvalue weighted by molar-refractivity contribution is 0.405. The fourth-order valence-electron chi connectivity index (χ4n) is 1.53. The maximum atomic E-state index is 11.6. The molecule has 1 aromatic carbocycles. The van der Waals surface area contributed by atoms with Gasteiger partial charge in [0.05, 0.1) is 5.69 Å². The van der Waals surface area contributed by atoms with E-state index in [0.29, 0.717) is 0 Å². The minimum atomic E-state index is -0.654. The molecule has 0 aliphatic carbocycles. The van der Waals surface area contributed by atoms with Gasteiger partial charge in [0.2, 0.25) is 0 Å². The maximum Gasteiger partial charge on any atom is 0.270 e. The SMILES string of the molecule is N#Cc1c(-c2cccc(O)c2O)[nH]c(=S)[nH]c1=O. The second-order valence-corrected chi connectivity index (χ2v) is 3.85. The van der Waals surface area contributed by atoms with Gasteiger partial charge in [0, 0.05) is 5.56 Å². The average Bonchev–Trinajstić information content (AvgIpc) is 2.32. The largest absolute Gasteiger partial charge is 0.504 e. The first-order valence-corrected chi connectivity index (χ1v) is 5.23. The number of nitriles is 1. The third-order valence-corrected chi connectivity index (χ3v) is 2.54. The van der Waals surface area contributed by atoms with Gasteiger partial charge in [-0.15, -0.1) is 0 Å². The van der Waals surface area contributed by atoms with Crippen LogP contribution in [-0.2, 0) is 0 Å². The van der Waals surface area contributed by atoms with Crippen LogP contribution in [0.5, 0.6) is 11.5 Å². The van der Waals surface area contributed by atoms with Crippen LogP contribution in [0, 0.1) is 16.1 Å². The van der Waals surface area contributed by atoms with Crippen LogP contribution in [0.4, 0.5) is 0 Å². The van der Waals surface area contributed by atoms with Gasteiger partial charge in [-0.2, -0.15) is 5.26 Å². The lowest BCUT2D eigenvalue weighted by Gasteiger charge is -2.07.